The van der Waals surface area contributed by atoms with Gasteiger partial charge in [-0.1, -0.05) is 11.8 Å². The summed E-state index contributed by atoms with van der Waals surface area (Å²) in [6.07, 6.45) is 2.13. The molecule has 0 bridgehead atoms. The quantitative estimate of drug-likeness (QED) is 0.379. The van der Waals surface area contributed by atoms with Gasteiger partial charge in [0.15, 0.2) is 16.5 Å². The van der Waals surface area contributed by atoms with Gasteiger partial charge in [-0.25, -0.2) is 17.6 Å². The molecule has 13 heteroatoms. The van der Waals surface area contributed by atoms with E-state index in [1.54, 1.807) is 6.07 Å². The van der Waals surface area contributed by atoms with Gasteiger partial charge in [-0.2, -0.15) is 10.4 Å². The molecule has 0 atom stereocenters. The number of nitriles is 1. The number of nitrogens with zero attached hydrogens (tertiary/aromatic N) is 5. The van der Waals surface area contributed by atoms with Crippen molar-refractivity contribution < 1.29 is 17.6 Å². The molecule has 4 rings (SSSR count). The number of H-pyrrole nitrogens is 1. The Morgan fingerprint density at radius 1 is 1.10 bits per heavy atom. The van der Waals surface area contributed by atoms with Crippen molar-refractivity contribution in [2.24, 2.45) is 0 Å². The molecule has 1 aromatic carbocycles. The number of hydrogen-bond donors (Lipinski definition) is 1. The molecule has 3 heterocycles. The number of nitrogens with one attached hydrogen (secondary N) is 1. The maximum Gasteiger partial charge on any atom is 0.286 e. The summed E-state index contributed by atoms with van der Waals surface area (Å²) in [5.74, 6) is -4.97. The van der Waals surface area contributed by atoms with E-state index in [1.807, 2.05) is 0 Å². The van der Waals surface area contributed by atoms with E-state index in [4.69, 9.17) is 0 Å². The van der Waals surface area contributed by atoms with Gasteiger partial charge in [0.2, 0.25) is 0 Å². The van der Waals surface area contributed by atoms with Crippen LogP contribution in [0.4, 0.5) is 17.6 Å². The Morgan fingerprint density at radius 2 is 1.81 bits per heavy atom. The second kappa shape index (κ2) is 7.73. The fraction of sp³-hybridized carbons (Fsp3) is 0.0556. The van der Waals surface area contributed by atoms with Gasteiger partial charge in [0.05, 0.1) is 11.9 Å². The van der Waals surface area contributed by atoms with Gasteiger partial charge >= 0.3 is 0 Å². The fourth-order valence-corrected chi connectivity index (χ4v) is 3.76. The molecule has 0 spiro atoms. The molecular weight excluding hydrogens is 440 g/mol. The van der Waals surface area contributed by atoms with Crippen molar-refractivity contribution in [3.05, 3.63) is 85.7 Å². The predicted octanol–water partition coefficient (Wildman–Crippen LogP) is 2.29. The second-order valence-electron chi connectivity index (χ2n) is 6.10. The third-order valence-corrected chi connectivity index (χ3v) is 5.16. The Balaban J connectivity index is 1.90. The zero-order valence-electron chi connectivity index (χ0n) is 15.1. The molecule has 31 heavy (non-hydrogen) atoms. The Hall–Kier alpha value is -3.92. The number of hydrogen-bond acceptors (Lipinski definition) is 6. The summed E-state index contributed by atoms with van der Waals surface area (Å²) < 4.78 is 56.7. The first-order chi connectivity index (χ1) is 14.8. The minimum absolute atomic E-state index is 0.108. The standard InChI is InChI=1S/C18H8F4N6O2S/c19-9-1-12(20)11(13(21)2-9)7-31-18-26-28-15(8(4-23)5-25-28)17(30)27(18)10-3-14(22)16(29)24-6-10/h1-3,5-6H,7H2,(H,24,29). The van der Waals surface area contributed by atoms with E-state index in [1.165, 1.54) is 0 Å². The van der Waals surface area contributed by atoms with Crippen LogP contribution in [0.25, 0.3) is 11.2 Å². The van der Waals surface area contributed by atoms with E-state index in [0.29, 0.717) is 23.9 Å². The molecule has 0 fully saturated rings. The van der Waals surface area contributed by atoms with Gasteiger partial charge in [0.25, 0.3) is 11.1 Å². The van der Waals surface area contributed by atoms with Gasteiger partial charge in [0.1, 0.15) is 29.1 Å². The molecule has 0 aliphatic heterocycles. The molecule has 8 nitrogen and oxygen atoms in total. The van der Waals surface area contributed by atoms with Crippen LogP contribution in [-0.4, -0.2) is 24.4 Å². The first kappa shape index (κ1) is 20.4. The average molecular weight is 448 g/mol. The normalized spacial score (nSPS) is 11.1. The van der Waals surface area contributed by atoms with Gasteiger partial charge in [-0.3, -0.25) is 14.2 Å². The van der Waals surface area contributed by atoms with Crippen molar-refractivity contribution in [2.75, 3.05) is 0 Å². The monoisotopic (exact) mass is 448 g/mol. The molecule has 1 N–H and O–H groups in total. The molecule has 3 aromatic heterocycles. The van der Waals surface area contributed by atoms with Crippen LogP contribution < -0.4 is 11.1 Å². The number of thioether (sulfide) groups is 1. The third-order valence-electron chi connectivity index (χ3n) is 4.20. The van der Waals surface area contributed by atoms with Crippen LogP contribution in [0, 0.1) is 34.6 Å². The highest BCUT2D eigenvalue weighted by Crippen LogP contribution is 2.26. The van der Waals surface area contributed by atoms with Crippen molar-refractivity contribution in [1.29, 1.82) is 5.26 Å². The number of pyridine rings is 1. The van der Waals surface area contributed by atoms with Crippen molar-refractivity contribution >= 4 is 17.3 Å². The highest BCUT2D eigenvalue weighted by Gasteiger charge is 2.20. The second-order valence-corrected chi connectivity index (χ2v) is 7.05. The summed E-state index contributed by atoms with van der Waals surface area (Å²) in [6.45, 7) is 0. The molecule has 0 radical (unpaired) electrons. The summed E-state index contributed by atoms with van der Waals surface area (Å²) >= 11 is 0.676. The van der Waals surface area contributed by atoms with Crippen LogP contribution in [0.3, 0.4) is 0 Å². The van der Waals surface area contributed by atoms with Crippen molar-refractivity contribution in [3.63, 3.8) is 0 Å². The Kier molecular flexibility index (Phi) is 5.07. The largest absolute Gasteiger partial charge is 0.324 e. The maximum absolute atomic E-state index is 14.0. The van der Waals surface area contributed by atoms with Crippen LogP contribution in [0.15, 0.2) is 45.3 Å². The lowest BCUT2D eigenvalue weighted by Gasteiger charge is -2.12. The number of benzene rings is 1. The van der Waals surface area contributed by atoms with Gasteiger partial charge in [-0.05, 0) is 0 Å². The smallest absolute Gasteiger partial charge is 0.286 e. The summed E-state index contributed by atoms with van der Waals surface area (Å²) in [6, 6.07) is 3.56. The van der Waals surface area contributed by atoms with Gasteiger partial charge in [-0.15, -0.1) is 9.73 Å². The first-order valence-electron chi connectivity index (χ1n) is 8.36. The number of aromatic amines is 1. The van der Waals surface area contributed by atoms with E-state index < -0.39 is 45.7 Å². The predicted molar refractivity (Wildman–Crippen MR) is 99.8 cm³/mol. The lowest BCUT2D eigenvalue weighted by molar-refractivity contribution is 0.531. The number of halogens is 4. The minimum atomic E-state index is -1.19. The van der Waals surface area contributed by atoms with Crippen LogP contribution >= 0.6 is 11.8 Å². The van der Waals surface area contributed by atoms with Gasteiger partial charge in [0, 0.05) is 35.7 Å². The van der Waals surface area contributed by atoms with Crippen LogP contribution in [0.5, 0.6) is 0 Å². The molecule has 0 aliphatic carbocycles. The summed E-state index contributed by atoms with van der Waals surface area (Å²) in [7, 11) is 0. The van der Waals surface area contributed by atoms with Crippen molar-refractivity contribution in [1.82, 2.24) is 24.4 Å². The zero-order valence-corrected chi connectivity index (χ0v) is 15.9. The van der Waals surface area contributed by atoms with E-state index >= 15 is 0 Å². The number of fused-ring (bicyclic) bond motifs is 1. The lowest BCUT2D eigenvalue weighted by Crippen LogP contribution is -2.26. The van der Waals surface area contributed by atoms with E-state index in [-0.39, 0.29) is 21.9 Å². The molecule has 0 unspecified atom stereocenters. The van der Waals surface area contributed by atoms with Crippen LogP contribution in [0.2, 0.25) is 0 Å². The van der Waals surface area contributed by atoms with E-state index in [2.05, 4.69) is 15.2 Å². The SMILES string of the molecule is N#Cc1cnn2nc(SCc3c(F)cc(F)cc3F)n(-c3c[nH]c(=O)c(F)c3)c(=O)c12. The molecule has 0 aliphatic rings. The Bertz CT molecular complexity index is 1480. The van der Waals surface area contributed by atoms with Crippen molar-refractivity contribution in [2.45, 2.75) is 10.9 Å². The molecule has 0 amide bonds. The van der Waals surface area contributed by atoms with Gasteiger partial charge < -0.3 is 4.98 Å². The highest BCUT2D eigenvalue weighted by atomic mass is 32.2. The Labute approximate surface area is 173 Å². The molecule has 0 saturated heterocycles. The fourth-order valence-electron chi connectivity index (χ4n) is 2.76. The molecule has 156 valence electrons. The van der Waals surface area contributed by atoms with Crippen LogP contribution in [0.1, 0.15) is 11.1 Å². The topological polar surface area (TPSA) is 109 Å². The van der Waals surface area contributed by atoms with Crippen LogP contribution in [-0.2, 0) is 5.75 Å². The summed E-state index contributed by atoms with van der Waals surface area (Å²) in [5.41, 5.74) is -2.82. The minimum Gasteiger partial charge on any atom is -0.324 e. The summed E-state index contributed by atoms with van der Waals surface area (Å²) in [4.78, 5) is 26.5. The molecular formula is C18H8F4N6O2S. The summed E-state index contributed by atoms with van der Waals surface area (Å²) in [5, 5.41) is 16.9. The van der Waals surface area contributed by atoms with E-state index in [9.17, 15) is 32.4 Å². The molecule has 0 saturated carbocycles. The molecule has 4 aromatic rings. The Morgan fingerprint density at radius 3 is 2.45 bits per heavy atom. The number of aromatic nitrogens is 5. The first-order valence-corrected chi connectivity index (χ1v) is 9.34. The highest BCUT2D eigenvalue weighted by molar-refractivity contribution is 7.98. The average Bonchev–Trinajstić information content (AvgIpc) is 3.13. The van der Waals surface area contributed by atoms with E-state index in [0.717, 1.165) is 27.7 Å². The maximum atomic E-state index is 14.0. The lowest BCUT2D eigenvalue weighted by atomic mass is 10.2. The number of rotatable bonds is 4. The third kappa shape index (κ3) is 3.57. The van der Waals surface area contributed by atoms with Crippen molar-refractivity contribution in [3.8, 4) is 11.8 Å². The zero-order chi connectivity index (χ0) is 22.3.